The van der Waals surface area contributed by atoms with E-state index >= 15 is 0 Å². The average molecular weight is 475 g/mol. The highest BCUT2D eigenvalue weighted by Crippen LogP contribution is 2.31. The number of rotatable bonds is 5. The lowest BCUT2D eigenvalue weighted by atomic mass is 10.0. The fourth-order valence-electron chi connectivity index (χ4n) is 2.67. The number of nitrogens with one attached hydrogen (secondary N) is 1. The summed E-state index contributed by atoms with van der Waals surface area (Å²) < 4.78 is 34.2. The number of nitrogens with two attached hydrogens (primary N) is 1. The van der Waals surface area contributed by atoms with Crippen molar-refractivity contribution < 1.29 is 18.3 Å². The quantitative estimate of drug-likeness (QED) is 0.392. The maximum atomic E-state index is 12.1. The van der Waals surface area contributed by atoms with Crippen molar-refractivity contribution in [3.63, 3.8) is 0 Å². The molecule has 1 aliphatic heterocycles. The molecular formula is C18H20F2IN3O2. The van der Waals surface area contributed by atoms with Crippen LogP contribution in [0.5, 0.6) is 11.5 Å². The third kappa shape index (κ3) is 5.45. The minimum atomic E-state index is -2.83. The Morgan fingerprint density at radius 2 is 1.96 bits per heavy atom. The Labute approximate surface area is 167 Å². The van der Waals surface area contributed by atoms with Gasteiger partial charge in [0.2, 0.25) is 0 Å². The first kappa shape index (κ1) is 20.2. The van der Waals surface area contributed by atoms with E-state index in [9.17, 15) is 8.78 Å². The normalized spacial score (nSPS) is 16.3. The monoisotopic (exact) mass is 475 g/mol. The average Bonchev–Trinajstić information content (AvgIpc) is 2.61. The number of alkyl halides is 2. The molecule has 8 heteroatoms. The Hall–Kier alpha value is -2.10. The van der Waals surface area contributed by atoms with E-state index in [1.165, 1.54) is 12.1 Å². The molecule has 1 heterocycles. The van der Waals surface area contributed by atoms with Gasteiger partial charge in [-0.15, -0.1) is 24.0 Å². The molecule has 0 saturated heterocycles. The number of guanidine groups is 1. The van der Waals surface area contributed by atoms with Crippen LogP contribution in [-0.2, 0) is 6.54 Å². The predicted octanol–water partition coefficient (Wildman–Crippen LogP) is 3.83. The minimum Gasteiger partial charge on any atom is -0.493 e. The van der Waals surface area contributed by atoms with Crippen LogP contribution in [0.3, 0.4) is 0 Å². The van der Waals surface area contributed by atoms with Gasteiger partial charge in [0.1, 0.15) is 11.5 Å². The van der Waals surface area contributed by atoms with Gasteiger partial charge in [-0.05, 0) is 23.8 Å². The molecule has 0 spiro atoms. The first-order chi connectivity index (χ1) is 12.1. The highest BCUT2D eigenvalue weighted by molar-refractivity contribution is 14.0. The van der Waals surface area contributed by atoms with Gasteiger partial charge in [-0.3, -0.25) is 0 Å². The van der Waals surface area contributed by atoms with Gasteiger partial charge < -0.3 is 20.5 Å². The fraction of sp³-hybridized carbons (Fsp3) is 0.278. The largest absolute Gasteiger partial charge is 0.493 e. The number of benzene rings is 2. The molecular weight excluding hydrogens is 455 g/mol. The number of hydrogen-bond acceptors (Lipinski definition) is 3. The molecule has 0 radical (unpaired) electrons. The minimum absolute atomic E-state index is 0. The number of nitrogens with zero attached hydrogens (tertiary/aromatic N) is 1. The summed E-state index contributed by atoms with van der Waals surface area (Å²) in [5.41, 5.74) is 7.88. The Morgan fingerprint density at radius 1 is 1.23 bits per heavy atom. The first-order valence-corrected chi connectivity index (χ1v) is 7.94. The summed E-state index contributed by atoms with van der Waals surface area (Å²) in [6, 6.07) is 14.2. The Kier molecular flexibility index (Phi) is 7.43. The molecule has 1 atom stereocenters. The van der Waals surface area contributed by atoms with Crippen molar-refractivity contribution in [1.29, 1.82) is 0 Å². The number of aliphatic imine (C=N–C) groups is 1. The summed E-state index contributed by atoms with van der Waals surface area (Å²) in [5.74, 6) is 1.30. The molecule has 5 nitrogen and oxygen atoms in total. The van der Waals surface area contributed by atoms with Crippen LogP contribution < -0.4 is 20.5 Å². The molecule has 0 saturated carbocycles. The molecule has 3 N–H and O–H groups in total. The van der Waals surface area contributed by atoms with Crippen molar-refractivity contribution in [1.82, 2.24) is 5.32 Å². The molecule has 0 bridgehead atoms. The standard InChI is InChI=1S/C18H19F2N3O2.HI/c19-17(20)25-13-7-5-12(6-8-13)11-22-18(21)23-15-9-10-24-16-4-2-1-3-14(15)16;/h1-8,15,17H,9-11H2,(H3,21,22,23);1H. The second kappa shape index (κ2) is 9.56. The molecule has 1 unspecified atom stereocenters. The van der Waals surface area contributed by atoms with Crippen LogP contribution in [0.25, 0.3) is 0 Å². The second-order valence-corrected chi connectivity index (χ2v) is 5.60. The molecule has 140 valence electrons. The van der Waals surface area contributed by atoms with Gasteiger partial charge in [0.25, 0.3) is 0 Å². The highest BCUT2D eigenvalue weighted by atomic mass is 127. The second-order valence-electron chi connectivity index (χ2n) is 5.60. The lowest BCUT2D eigenvalue weighted by molar-refractivity contribution is -0.0498. The summed E-state index contributed by atoms with van der Waals surface area (Å²) >= 11 is 0. The van der Waals surface area contributed by atoms with E-state index in [4.69, 9.17) is 10.5 Å². The lowest BCUT2D eigenvalue weighted by Gasteiger charge is -2.26. The summed E-state index contributed by atoms with van der Waals surface area (Å²) in [6.45, 7) is -1.86. The predicted molar refractivity (Wildman–Crippen MR) is 106 cm³/mol. The van der Waals surface area contributed by atoms with Crippen LogP contribution >= 0.6 is 24.0 Å². The maximum absolute atomic E-state index is 12.1. The zero-order valence-corrected chi connectivity index (χ0v) is 16.2. The van der Waals surface area contributed by atoms with E-state index in [1.807, 2.05) is 24.3 Å². The van der Waals surface area contributed by atoms with Crippen molar-refractivity contribution >= 4 is 29.9 Å². The van der Waals surface area contributed by atoms with E-state index in [-0.39, 0.29) is 35.8 Å². The van der Waals surface area contributed by atoms with Crippen molar-refractivity contribution in [2.45, 2.75) is 25.6 Å². The van der Waals surface area contributed by atoms with E-state index in [0.29, 0.717) is 19.1 Å². The maximum Gasteiger partial charge on any atom is 0.387 e. The molecule has 0 aliphatic carbocycles. The van der Waals surface area contributed by atoms with Crippen LogP contribution in [0.15, 0.2) is 53.5 Å². The van der Waals surface area contributed by atoms with Crippen LogP contribution in [-0.4, -0.2) is 19.2 Å². The molecule has 1 aliphatic rings. The van der Waals surface area contributed by atoms with Gasteiger partial charge in [-0.25, -0.2) is 4.99 Å². The van der Waals surface area contributed by atoms with Crippen LogP contribution in [0, 0.1) is 0 Å². The number of halogens is 3. The molecule has 0 aromatic heterocycles. The van der Waals surface area contributed by atoms with Crippen LogP contribution in [0.2, 0.25) is 0 Å². The van der Waals surface area contributed by atoms with Gasteiger partial charge in [0.05, 0.1) is 19.2 Å². The van der Waals surface area contributed by atoms with E-state index in [1.54, 1.807) is 12.1 Å². The third-order valence-corrected chi connectivity index (χ3v) is 3.86. The number of hydrogen-bond donors (Lipinski definition) is 2. The van der Waals surface area contributed by atoms with Crippen molar-refractivity contribution in [3.05, 3.63) is 59.7 Å². The summed E-state index contributed by atoms with van der Waals surface area (Å²) in [5, 5.41) is 3.21. The smallest absolute Gasteiger partial charge is 0.387 e. The SMILES string of the molecule is I.NC(=NCc1ccc(OC(F)F)cc1)NC1CCOc2ccccc21. The zero-order valence-electron chi connectivity index (χ0n) is 13.9. The van der Waals surface area contributed by atoms with Gasteiger partial charge in [0.15, 0.2) is 5.96 Å². The Balaban J connectivity index is 0.00000243. The molecule has 26 heavy (non-hydrogen) atoms. The Bertz CT molecular complexity index is 741. The van der Waals surface area contributed by atoms with E-state index < -0.39 is 6.61 Å². The third-order valence-electron chi connectivity index (χ3n) is 3.86. The topological polar surface area (TPSA) is 68.9 Å². The first-order valence-electron chi connectivity index (χ1n) is 7.94. The van der Waals surface area contributed by atoms with Crippen molar-refractivity contribution in [3.8, 4) is 11.5 Å². The van der Waals surface area contributed by atoms with Crippen LogP contribution in [0.4, 0.5) is 8.78 Å². The lowest BCUT2D eigenvalue weighted by Crippen LogP contribution is -2.37. The molecule has 2 aromatic carbocycles. The van der Waals surface area contributed by atoms with Gasteiger partial charge in [0, 0.05) is 12.0 Å². The molecule has 3 rings (SSSR count). The Morgan fingerprint density at radius 3 is 2.69 bits per heavy atom. The fourth-order valence-corrected chi connectivity index (χ4v) is 2.67. The summed E-state index contributed by atoms with van der Waals surface area (Å²) in [7, 11) is 0. The van der Waals surface area contributed by atoms with Crippen molar-refractivity contribution in [2.75, 3.05) is 6.61 Å². The highest BCUT2D eigenvalue weighted by Gasteiger charge is 2.21. The zero-order chi connectivity index (χ0) is 17.6. The van der Waals surface area contributed by atoms with Crippen molar-refractivity contribution in [2.24, 2.45) is 10.7 Å². The molecule has 0 amide bonds. The molecule has 0 fully saturated rings. The number of fused-ring (bicyclic) bond motifs is 1. The molecule has 2 aromatic rings. The van der Waals surface area contributed by atoms with Gasteiger partial charge in [-0.1, -0.05) is 30.3 Å². The van der Waals surface area contributed by atoms with E-state index in [0.717, 1.165) is 23.3 Å². The van der Waals surface area contributed by atoms with Gasteiger partial charge >= 0.3 is 6.61 Å². The van der Waals surface area contributed by atoms with Crippen LogP contribution in [0.1, 0.15) is 23.6 Å². The number of ether oxygens (including phenoxy) is 2. The van der Waals surface area contributed by atoms with E-state index in [2.05, 4.69) is 15.0 Å². The summed E-state index contributed by atoms with van der Waals surface area (Å²) in [4.78, 5) is 4.31. The summed E-state index contributed by atoms with van der Waals surface area (Å²) in [6.07, 6.45) is 0.799. The number of para-hydroxylation sites is 1. The van der Waals surface area contributed by atoms with Gasteiger partial charge in [-0.2, -0.15) is 8.78 Å².